The van der Waals surface area contributed by atoms with Crippen LogP contribution in [0.2, 0.25) is 0 Å². The highest BCUT2D eigenvalue weighted by Crippen LogP contribution is 2.21. The van der Waals surface area contributed by atoms with Crippen molar-refractivity contribution >= 4 is 11.6 Å². The van der Waals surface area contributed by atoms with Gasteiger partial charge >= 0.3 is 0 Å². The largest absolute Gasteiger partial charge is 0.390 e. The van der Waals surface area contributed by atoms with Gasteiger partial charge in [-0.25, -0.2) is 13.2 Å². The Hall–Kier alpha value is -3.61. The molecule has 31 heavy (non-hydrogen) atoms. The number of halogens is 3. The number of hydrogen-bond donors (Lipinski definition) is 0. The van der Waals surface area contributed by atoms with Gasteiger partial charge in [-0.15, -0.1) is 0 Å². The van der Waals surface area contributed by atoms with E-state index in [0.29, 0.717) is 6.42 Å². The molecule has 0 bridgehead atoms. The van der Waals surface area contributed by atoms with Crippen LogP contribution in [-0.2, 0) is 11.4 Å². The molecule has 158 valence electrons. The second-order valence-corrected chi connectivity index (χ2v) is 7.27. The number of nitrogens with zero attached hydrogens (tertiary/aromatic N) is 2. The van der Waals surface area contributed by atoms with Crippen LogP contribution >= 0.6 is 0 Å². The molecule has 0 aliphatic carbocycles. The van der Waals surface area contributed by atoms with E-state index in [4.69, 9.17) is 4.84 Å². The molecule has 1 aliphatic rings. The van der Waals surface area contributed by atoms with Crippen molar-refractivity contribution in [2.45, 2.75) is 19.1 Å². The van der Waals surface area contributed by atoms with E-state index in [-0.39, 0.29) is 24.2 Å². The lowest BCUT2D eigenvalue weighted by molar-refractivity contribution is 0.0402. The van der Waals surface area contributed by atoms with Gasteiger partial charge in [0.2, 0.25) is 0 Å². The van der Waals surface area contributed by atoms with Gasteiger partial charge in [-0.2, -0.15) is 0 Å². The van der Waals surface area contributed by atoms with Crippen LogP contribution < -0.4 is 0 Å². The predicted octanol–water partition coefficient (Wildman–Crippen LogP) is 4.94. The monoisotopic (exact) mass is 424 g/mol. The minimum absolute atomic E-state index is 0.103. The summed E-state index contributed by atoms with van der Waals surface area (Å²) in [6.45, 7) is -0.0199. The molecule has 3 aromatic rings. The van der Waals surface area contributed by atoms with Crippen molar-refractivity contribution in [1.29, 1.82) is 0 Å². The Morgan fingerprint density at radius 2 is 1.74 bits per heavy atom. The molecule has 7 heteroatoms. The number of rotatable bonds is 6. The quantitative estimate of drug-likeness (QED) is 0.563. The maximum Gasteiger partial charge on any atom is 0.254 e. The van der Waals surface area contributed by atoms with Crippen molar-refractivity contribution in [2.75, 3.05) is 6.54 Å². The van der Waals surface area contributed by atoms with E-state index in [1.807, 2.05) is 30.3 Å². The van der Waals surface area contributed by atoms with Crippen molar-refractivity contribution < 1.29 is 22.8 Å². The van der Waals surface area contributed by atoms with Crippen LogP contribution in [0.3, 0.4) is 0 Å². The normalized spacial score (nSPS) is 15.3. The van der Waals surface area contributed by atoms with Gasteiger partial charge in [0.15, 0.2) is 6.10 Å². The average molecular weight is 424 g/mol. The fourth-order valence-corrected chi connectivity index (χ4v) is 3.45. The first kappa shape index (κ1) is 20.7. The summed E-state index contributed by atoms with van der Waals surface area (Å²) in [5.74, 6) is -2.50. The molecule has 0 saturated heterocycles. The van der Waals surface area contributed by atoms with Crippen molar-refractivity contribution in [1.82, 2.24) is 4.90 Å². The highest BCUT2D eigenvalue weighted by molar-refractivity contribution is 6.01. The summed E-state index contributed by atoms with van der Waals surface area (Å²) in [5, 5.41) is 4.12. The van der Waals surface area contributed by atoms with Gasteiger partial charge in [0.05, 0.1) is 12.3 Å². The number of carbonyl (C=O) groups is 1. The maximum absolute atomic E-state index is 14.2. The molecular weight excluding hydrogens is 405 g/mol. The van der Waals surface area contributed by atoms with Crippen molar-refractivity contribution in [3.63, 3.8) is 0 Å². The molecule has 0 saturated carbocycles. The van der Waals surface area contributed by atoms with Crippen LogP contribution in [0.15, 0.2) is 78.0 Å². The molecule has 1 amide bonds. The lowest BCUT2D eigenvalue weighted by Crippen LogP contribution is -2.37. The molecule has 1 atom stereocenters. The van der Waals surface area contributed by atoms with Crippen LogP contribution in [0, 0.1) is 17.5 Å². The second-order valence-electron chi connectivity index (χ2n) is 7.27. The Labute approximate surface area is 177 Å². The molecule has 4 nitrogen and oxygen atoms in total. The molecule has 1 unspecified atom stereocenters. The third-order valence-corrected chi connectivity index (χ3v) is 5.00. The zero-order valence-corrected chi connectivity index (χ0v) is 16.5. The number of carbonyl (C=O) groups excluding carboxylic acids is 1. The summed E-state index contributed by atoms with van der Waals surface area (Å²) >= 11 is 0. The summed E-state index contributed by atoms with van der Waals surface area (Å²) in [6, 6.07) is 18.0. The minimum atomic E-state index is -0.759. The molecule has 1 heterocycles. The maximum atomic E-state index is 14.2. The molecular formula is C24H19F3N2O2. The van der Waals surface area contributed by atoms with E-state index in [1.54, 1.807) is 0 Å². The molecule has 0 spiro atoms. The van der Waals surface area contributed by atoms with Gasteiger partial charge in [-0.3, -0.25) is 4.79 Å². The number of benzene rings is 3. The van der Waals surface area contributed by atoms with Gasteiger partial charge in [-0.05, 0) is 29.8 Å². The summed E-state index contributed by atoms with van der Waals surface area (Å²) < 4.78 is 41.2. The van der Waals surface area contributed by atoms with Gasteiger partial charge in [0.25, 0.3) is 5.91 Å². The van der Waals surface area contributed by atoms with Crippen molar-refractivity contribution in [3.8, 4) is 0 Å². The number of amides is 1. The van der Waals surface area contributed by atoms with Crippen LogP contribution in [-0.4, -0.2) is 29.2 Å². The zero-order chi connectivity index (χ0) is 21.8. The second kappa shape index (κ2) is 9.04. The molecule has 1 aliphatic heterocycles. The van der Waals surface area contributed by atoms with Gasteiger partial charge in [0, 0.05) is 30.2 Å². The highest BCUT2D eigenvalue weighted by atomic mass is 19.1. The van der Waals surface area contributed by atoms with Gasteiger partial charge in [0.1, 0.15) is 17.5 Å². The summed E-state index contributed by atoms with van der Waals surface area (Å²) in [5.41, 5.74) is 1.94. The first-order valence-electron chi connectivity index (χ1n) is 9.76. The number of oxime groups is 1. The van der Waals surface area contributed by atoms with E-state index in [2.05, 4.69) is 5.16 Å². The van der Waals surface area contributed by atoms with Crippen LogP contribution in [0.4, 0.5) is 13.2 Å². The molecule has 0 N–H and O–H groups in total. The summed E-state index contributed by atoms with van der Waals surface area (Å²) in [4.78, 5) is 20.0. The minimum Gasteiger partial charge on any atom is -0.390 e. The lowest BCUT2D eigenvalue weighted by atomic mass is 10.0. The first-order valence-corrected chi connectivity index (χ1v) is 9.76. The fourth-order valence-electron chi connectivity index (χ4n) is 3.45. The van der Waals surface area contributed by atoms with Crippen LogP contribution in [0.25, 0.3) is 0 Å². The summed E-state index contributed by atoms with van der Waals surface area (Å²) in [7, 11) is 0. The fraction of sp³-hybridized carbons (Fsp3) is 0.167. The molecule has 3 aromatic carbocycles. The Bertz CT molecular complexity index is 1120. The Morgan fingerprint density at radius 1 is 0.968 bits per heavy atom. The molecule has 4 rings (SSSR count). The standard InChI is InChI=1S/C24H19F3N2O2/c25-19-8-4-7-17(11-19)24(30)29(14-18-9-10-20(26)12-22(18)27)15-21-13-23(28-31-21)16-5-2-1-3-6-16/h1-12,21H,13-15H2. The van der Waals surface area contributed by atoms with E-state index >= 15 is 0 Å². The molecule has 0 aromatic heterocycles. The van der Waals surface area contributed by atoms with E-state index < -0.39 is 29.5 Å². The Morgan fingerprint density at radius 3 is 2.48 bits per heavy atom. The molecule has 0 radical (unpaired) electrons. The van der Waals surface area contributed by atoms with Crippen molar-refractivity contribution in [2.24, 2.45) is 5.16 Å². The average Bonchev–Trinajstić information content (AvgIpc) is 3.24. The topological polar surface area (TPSA) is 41.9 Å². The first-order chi connectivity index (χ1) is 15.0. The predicted molar refractivity (Wildman–Crippen MR) is 110 cm³/mol. The third-order valence-electron chi connectivity index (χ3n) is 5.00. The van der Waals surface area contributed by atoms with Crippen LogP contribution in [0.1, 0.15) is 27.9 Å². The third kappa shape index (κ3) is 4.94. The van der Waals surface area contributed by atoms with E-state index in [9.17, 15) is 18.0 Å². The SMILES string of the molecule is O=C(c1cccc(F)c1)N(Cc1ccc(F)cc1F)CC1CC(c2ccccc2)=NO1. The lowest BCUT2D eigenvalue weighted by Gasteiger charge is -2.25. The van der Waals surface area contributed by atoms with Crippen LogP contribution in [0.5, 0.6) is 0 Å². The highest BCUT2D eigenvalue weighted by Gasteiger charge is 2.28. The summed E-state index contributed by atoms with van der Waals surface area (Å²) in [6.07, 6.45) is 0.0132. The van der Waals surface area contributed by atoms with Gasteiger partial charge < -0.3 is 9.74 Å². The Kier molecular flexibility index (Phi) is 6.02. The van der Waals surface area contributed by atoms with Gasteiger partial charge in [-0.1, -0.05) is 47.6 Å². The Balaban J connectivity index is 1.54. The van der Waals surface area contributed by atoms with E-state index in [1.165, 1.54) is 29.2 Å². The number of hydrogen-bond acceptors (Lipinski definition) is 3. The molecule has 0 fully saturated rings. The smallest absolute Gasteiger partial charge is 0.254 e. The zero-order valence-electron chi connectivity index (χ0n) is 16.5. The van der Waals surface area contributed by atoms with Crippen molar-refractivity contribution in [3.05, 3.63) is 107 Å². The van der Waals surface area contributed by atoms with E-state index in [0.717, 1.165) is 29.5 Å².